The van der Waals surface area contributed by atoms with E-state index in [2.05, 4.69) is 12.2 Å². The molecule has 6 heteroatoms. The van der Waals surface area contributed by atoms with Crippen molar-refractivity contribution in [3.8, 4) is 0 Å². The van der Waals surface area contributed by atoms with E-state index in [1.165, 1.54) is 16.9 Å². The van der Waals surface area contributed by atoms with Gasteiger partial charge in [0, 0.05) is 18.3 Å². The second kappa shape index (κ2) is 8.49. The van der Waals surface area contributed by atoms with Crippen molar-refractivity contribution < 1.29 is 13.2 Å². The highest BCUT2D eigenvalue weighted by Crippen LogP contribution is 2.23. The van der Waals surface area contributed by atoms with E-state index in [4.69, 9.17) is 0 Å². The standard InChI is InChI=1S/C23H24N2O3S/c1-4-18-10-12-20(13-11-18)24-23(26)19-6-5-7-21(16-19)25(3)29(27,28)22-14-8-17(2)9-15-22/h5-16H,4H2,1-3H3,(H,24,26). The fraction of sp³-hybridized carbons (Fsp3) is 0.174. The molecule has 0 saturated heterocycles. The number of carbonyl (C=O) groups is 1. The van der Waals surface area contributed by atoms with E-state index in [1.54, 1.807) is 48.5 Å². The predicted molar refractivity (Wildman–Crippen MR) is 117 cm³/mol. The molecule has 1 N–H and O–H groups in total. The van der Waals surface area contributed by atoms with Crippen LogP contribution in [0.4, 0.5) is 11.4 Å². The zero-order valence-electron chi connectivity index (χ0n) is 16.7. The molecule has 5 nitrogen and oxygen atoms in total. The van der Waals surface area contributed by atoms with Gasteiger partial charge in [0.1, 0.15) is 0 Å². The van der Waals surface area contributed by atoms with E-state index in [0.717, 1.165) is 12.0 Å². The van der Waals surface area contributed by atoms with E-state index >= 15 is 0 Å². The van der Waals surface area contributed by atoms with Crippen molar-refractivity contribution in [2.75, 3.05) is 16.7 Å². The Morgan fingerprint density at radius 2 is 1.62 bits per heavy atom. The highest BCUT2D eigenvalue weighted by molar-refractivity contribution is 7.92. The van der Waals surface area contributed by atoms with Crippen LogP contribution in [0, 0.1) is 6.92 Å². The Kier molecular flexibility index (Phi) is 6.03. The van der Waals surface area contributed by atoms with E-state index in [-0.39, 0.29) is 10.8 Å². The molecule has 0 aliphatic rings. The number of aryl methyl sites for hydroxylation is 2. The Hall–Kier alpha value is -3.12. The molecule has 150 valence electrons. The molecule has 0 aliphatic carbocycles. The summed E-state index contributed by atoms with van der Waals surface area (Å²) >= 11 is 0. The molecule has 0 radical (unpaired) electrons. The Morgan fingerprint density at radius 1 is 0.966 bits per heavy atom. The molecular formula is C23H24N2O3S. The first kappa shape index (κ1) is 20.6. The van der Waals surface area contributed by atoms with Crippen LogP contribution in [0.5, 0.6) is 0 Å². The number of sulfonamides is 1. The Labute approximate surface area is 172 Å². The van der Waals surface area contributed by atoms with Crippen molar-refractivity contribution in [3.05, 3.63) is 89.5 Å². The second-order valence-corrected chi connectivity index (χ2v) is 8.81. The van der Waals surface area contributed by atoms with Crippen LogP contribution in [0.2, 0.25) is 0 Å². The van der Waals surface area contributed by atoms with Gasteiger partial charge >= 0.3 is 0 Å². The van der Waals surface area contributed by atoms with Crippen molar-refractivity contribution in [3.63, 3.8) is 0 Å². The molecule has 0 aromatic heterocycles. The second-order valence-electron chi connectivity index (χ2n) is 6.84. The topological polar surface area (TPSA) is 66.5 Å². The Bertz CT molecular complexity index is 1110. The molecule has 0 bridgehead atoms. The minimum Gasteiger partial charge on any atom is -0.322 e. The number of amides is 1. The molecule has 0 spiro atoms. The van der Waals surface area contributed by atoms with Gasteiger partial charge in [-0.2, -0.15) is 0 Å². The van der Waals surface area contributed by atoms with Crippen LogP contribution < -0.4 is 9.62 Å². The maximum absolute atomic E-state index is 12.9. The molecule has 1 amide bonds. The molecule has 3 aromatic carbocycles. The van der Waals surface area contributed by atoms with Gasteiger partial charge in [0.15, 0.2) is 0 Å². The molecule has 0 heterocycles. The lowest BCUT2D eigenvalue weighted by Gasteiger charge is -2.20. The van der Waals surface area contributed by atoms with Crippen LogP contribution in [-0.4, -0.2) is 21.4 Å². The highest BCUT2D eigenvalue weighted by Gasteiger charge is 2.22. The van der Waals surface area contributed by atoms with Gasteiger partial charge in [-0.3, -0.25) is 9.10 Å². The zero-order valence-corrected chi connectivity index (χ0v) is 17.5. The number of hydrogen-bond donors (Lipinski definition) is 1. The molecule has 0 unspecified atom stereocenters. The molecule has 3 aromatic rings. The van der Waals surface area contributed by atoms with Crippen LogP contribution >= 0.6 is 0 Å². The van der Waals surface area contributed by atoms with Gasteiger partial charge in [-0.15, -0.1) is 0 Å². The quantitative estimate of drug-likeness (QED) is 0.646. The first-order valence-corrected chi connectivity index (χ1v) is 10.8. The first-order valence-electron chi connectivity index (χ1n) is 9.37. The smallest absolute Gasteiger partial charge is 0.264 e. The van der Waals surface area contributed by atoms with Gasteiger partial charge < -0.3 is 5.32 Å². The summed E-state index contributed by atoms with van der Waals surface area (Å²) in [4.78, 5) is 12.8. The number of nitrogens with one attached hydrogen (secondary N) is 1. The van der Waals surface area contributed by atoms with Crippen LogP contribution in [0.1, 0.15) is 28.4 Å². The maximum atomic E-state index is 12.9. The first-order chi connectivity index (χ1) is 13.8. The van der Waals surface area contributed by atoms with Gasteiger partial charge in [-0.25, -0.2) is 8.42 Å². The molecule has 0 aliphatic heterocycles. The van der Waals surface area contributed by atoms with E-state index in [0.29, 0.717) is 16.9 Å². The summed E-state index contributed by atoms with van der Waals surface area (Å²) in [5.74, 6) is -0.294. The highest BCUT2D eigenvalue weighted by atomic mass is 32.2. The van der Waals surface area contributed by atoms with Crippen molar-refractivity contribution in [1.29, 1.82) is 0 Å². The summed E-state index contributed by atoms with van der Waals surface area (Å²) in [6, 6.07) is 20.9. The normalized spacial score (nSPS) is 11.1. The van der Waals surface area contributed by atoms with Crippen molar-refractivity contribution in [2.24, 2.45) is 0 Å². The lowest BCUT2D eigenvalue weighted by atomic mass is 10.1. The number of nitrogens with zero attached hydrogens (tertiary/aromatic N) is 1. The van der Waals surface area contributed by atoms with Crippen LogP contribution in [0.25, 0.3) is 0 Å². The van der Waals surface area contributed by atoms with Crippen molar-refractivity contribution in [1.82, 2.24) is 0 Å². The average Bonchev–Trinajstić information content (AvgIpc) is 2.74. The lowest BCUT2D eigenvalue weighted by Crippen LogP contribution is -2.26. The van der Waals surface area contributed by atoms with Crippen molar-refractivity contribution in [2.45, 2.75) is 25.2 Å². The molecular weight excluding hydrogens is 384 g/mol. The summed E-state index contributed by atoms with van der Waals surface area (Å²) in [5.41, 5.74) is 3.66. The number of hydrogen-bond acceptors (Lipinski definition) is 3. The summed E-state index contributed by atoms with van der Waals surface area (Å²) < 4.78 is 27.0. The summed E-state index contributed by atoms with van der Waals surface area (Å²) in [6.45, 7) is 3.97. The monoisotopic (exact) mass is 408 g/mol. The van der Waals surface area contributed by atoms with E-state index in [9.17, 15) is 13.2 Å². The van der Waals surface area contributed by atoms with E-state index in [1.807, 2.05) is 31.2 Å². The maximum Gasteiger partial charge on any atom is 0.264 e. The molecule has 3 rings (SSSR count). The van der Waals surface area contributed by atoms with Crippen LogP contribution in [0.3, 0.4) is 0 Å². The number of rotatable bonds is 6. The Balaban J connectivity index is 1.82. The number of anilines is 2. The molecule has 29 heavy (non-hydrogen) atoms. The fourth-order valence-electron chi connectivity index (χ4n) is 2.88. The third-order valence-corrected chi connectivity index (χ3v) is 6.57. The zero-order chi connectivity index (χ0) is 21.0. The van der Waals surface area contributed by atoms with Gasteiger partial charge in [0.2, 0.25) is 0 Å². The predicted octanol–water partition coefficient (Wildman–Crippen LogP) is 4.63. The molecule has 0 fully saturated rings. The third kappa shape index (κ3) is 4.66. The SMILES string of the molecule is CCc1ccc(NC(=O)c2cccc(N(C)S(=O)(=O)c3ccc(C)cc3)c2)cc1. The van der Waals surface area contributed by atoms with Gasteiger partial charge in [0.25, 0.3) is 15.9 Å². The number of benzene rings is 3. The molecule has 0 saturated carbocycles. The minimum atomic E-state index is -3.72. The molecule has 0 atom stereocenters. The van der Waals surface area contributed by atoms with Gasteiger partial charge in [0.05, 0.1) is 10.6 Å². The van der Waals surface area contributed by atoms with Gasteiger partial charge in [-0.1, -0.05) is 42.8 Å². The van der Waals surface area contributed by atoms with Crippen LogP contribution in [-0.2, 0) is 16.4 Å². The summed E-state index contributed by atoms with van der Waals surface area (Å²) in [7, 11) is -2.23. The summed E-state index contributed by atoms with van der Waals surface area (Å²) in [6.07, 6.45) is 0.929. The third-order valence-electron chi connectivity index (χ3n) is 4.77. The van der Waals surface area contributed by atoms with Gasteiger partial charge in [-0.05, 0) is 61.4 Å². The Morgan fingerprint density at radius 3 is 2.24 bits per heavy atom. The average molecular weight is 409 g/mol. The van der Waals surface area contributed by atoms with E-state index < -0.39 is 10.0 Å². The van der Waals surface area contributed by atoms with Crippen LogP contribution in [0.15, 0.2) is 77.7 Å². The summed E-state index contributed by atoms with van der Waals surface area (Å²) in [5, 5.41) is 2.85. The fourth-order valence-corrected chi connectivity index (χ4v) is 4.06. The minimum absolute atomic E-state index is 0.205. The number of carbonyl (C=O) groups excluding carboxylic acids is 1. The largest absolute Gasteiger partial charge is 0.322 e. The van der Waals surface area contributed by atoms with Crippen molar-refractivity contribution >= 4 is 27.3 Å². The lowest BCUT2D eigenvalue weighted by molar-refractivity contribution is 0.102.